The topological polar surface area (TPSA) is 104 Å². The Morgan fingerprint density at radius 2 is 1.78 bits per heavy atom. The van der Waals surface area contributed by atoms with E-state index in [-0.39, 0.29) is 11.9 Å². The van der Waals surface area contributed by atoms with Gasteiger partial charge >= 0.3 is 6.09 Å². The molecule has 0 fully saturated rings. The van der Waals surface area contributed by atoms with Gasteiger partial charge in [0.2, 0.25) is 0 Å². The largest absolute Gasteiger partial charge is 0.444 e. The van der Waals surface area contributed by atoms with Gasteiger partial charge in [-0.2, -0.15) is 0 Å². The number of aliphatic imine (C=N–C) groups is 1. The van der Waals surface area contributed by atoms with Gasteiger partial charge in [-0.05, 0) is 72.6 Å². The van der Waals surface area contributed by atoms with Crippen molar-refractivity contribution >= 4 is 18.0 Å². The second-order valence-electron chi connectivity index (χ2n) is 9.54. The third-order valence-electron chi connectivity index (χ3n) is 4.48. The molecule has 0 aromatic heterocycles. The maximum Gasteiger partial charge on any atom is 0.408 e. The highest BCUT2D eigenvalue weighted by atomic mass is 16.6. The van der Waals surface area contributed by atoms with Gasteiger partial charge in [0.25, 0.3) is 5.91 Å². The lowest BCUT2D eigenvalue weighted by Crippen LogP contribution is -2.54. The summed E-state index contributed by atoms with van der Waals surface area (Å²) in [6.45, 7) is 16.9. The van der Waals surface area contributed by atoms with Crippen molar-refractivity contribution in [3.63, 3.8) is 0 Å². The Morgan fingerprint density at radius 3 is 2.38 bits per heavy atom. The van der Waals surface area contributed by atoms with Crippen molar-refractivity contribution in [3.8, 4) is 0 Å². The third-order valence-corrected chi connectivity index (χ3v) is 4.48. The lowest BCUT2D eigenvalue weighted by atomic mass is 10.1. The lowest BCUT2D eigenvalue weighted by Gasteiger charge is -2.29. The highest BCUT2D eigenvalue weighted by molar-refractivity contribution is 5.94. The summed E-state index contributed by atoms with van der Waals surface area (Å²) >= 11 is 0. The third kappa shape index (κ3) is 11.0. The normalized spacial score (nSPS) is 13.2. The summed E-state index contributed by atoms with van der Waals surface area (Å²) in [5.41, 5.74) is 0.458. The number of rotatable bonds is 9. The molecular formula is C24H41N5O3. The van der Waals surface area contributed by atoms with Crippen molar-refractivity contribution in [2.45, 2.75) is 85.5 Å². The van der Waals surface area contributed by atoms with Gasteiger partial charge < -0.3 is 26.0 Å². The fourth-order valence-corrected chi connectivity index (χ4v) is 2.66. The van der Waals surface area contributed by atoms with E-state index in [1.165, 1.54) is 0 Å². The Labute approximate surface area is 193 Å². The Bertz CT molecular complexity index is 784. The minimum Gasteiger partial charge on any atom is -0.444 e. The van der Waals surface area contributed by atoms with Crippen molar-refractivity contribution in [2.75, 3.05) is 13.1 Å². The van der Waals surface area contributed by atoms with Crippen LogP contribution in [0.15, 0.2) is 29.3 Å². The predicted octanol–water partition coefficient (Wildman–Crippen LogP) is 3.57. The van der Waals surface area contributed by atoms with Crippen LogP contribution in [0.25, 0.3) is 0 Å². The number of benzene rings is 1. The van der Waals surface area contributed by atoms with Crippen LogP contribution in [0, 0.1) is 0 Å². The van der Waals surface area contributed by atoms with E-state index in [0.717, 1.165) is 12.0 Å². The number of ether oxygens (including phenoxy) is 1. The van der Waals surface area contributed by atoms with Crippen molar-refractivity contribution in [2.24, 2.45) is 4.99 Å². The van der Waals surface area contributed by atoms with E-state index in [9.17, 15) is 9.59 Å². The molecule has 0 saturated carbocycles. The average Bonchev–Trinajstić information content (AvgIpc) is 2.68. The van der Waals surface area contributed by atoms with Crippen LogP contribution < -0.4 is 21.3 Å². The van der Waals surface area contributed by atoms with Crippen LogP contribution in [0.1, 0.15) is 77.7 Å². The first-order valence-corrected chi connectivity index (χ1v) is 11.3. The molecule has 8 nitrogen and oxygen atoms in total. The van der Waals surface area contributed by atoms with Crippen molar-refractivity contribution in [1.29, 1.82) is 0 Å². The van der Waals surface area contributed by atoms with Crippen LogP contribution in [-0.2, 0) is 11.3 Å². The van der Waals surface area contributed by atoms with Gasteiger partial charge in [-0.3, -0.25) is 4.79 Å². The quantitative estimate of drug-likeness (QED) is 0.342. The molecule has 1 rings (SSSR count). The number of carbonyl (C=O) groups excluding carboxylic acids is 2. The molecule has 0 heterocycles. The molecular weight excluding hydrogens is 406 g/mol. The summed E-state index contributed by atoms with van der Waals surface area (Å²) < 4.78 is 5.34. The van der Waals surface area contributed by atoms with Crippen molar-refractivity contribution in [3.05, 3.63) is 35.4 Å². The van der Waals surface area contributed by atoms with E-state index in [1.54, 1.807) is 6.07 Å². The molecule has 1 atom stereocenters. The number of alkyl carbamates (subject to hydrolysis) is 1. The zero-order chi connectivity index (χ0) is 24.4. The Kier molecular flexibility index (Phi) is 10.5. The monoisotopic (exact) mass is 447 g/mol. The molecule has 1 unspecified atom stereocenters. The summed E-state index contributed by atoms with van der Waals surface area (Å²) in [6, 6.07) is 7.61. The molecule has 0 saturated heterocycles. The first kappa shape index (κ1) is 27.3. The molecule has 8 heteroatoms. The van der Waals surface area contributed by atoms with Crippen molar-refractivity contribution in [1.82, 2.24) is 21.3 Å². The number of nitrogens with zero attached hydrogens (tertiary/aromatic N) is 1. The molecule has 0 aliphatic heterocycles. The van der Waals surface area contributed by atoms with Crippen LogP contribution >= 0.6 is 0 Å². The molecule has 0 aliphatic rings. The maximum atomic E-state index is 12.4. The molecule has 0 spiro atoms. The van der Waals surface area contributed by atoms with E-state index in [1.807, 2.05) is 73.6 Å². The molecule has 2 amide bonds. The van der Waals surface area contributed by atoms with Gasteiger partial charge in [0.15, 0.2) is 5.96 Å². The summed E-state index contributed by atoms with van der Waals surface area (Å²) in [6.07, 6.45) is 0.422. The summed E-state index contributed by atoms with van der Waals surface area (Å²) in [4.78, 5) is 29.1. The molecule has 1 aromatic rings. The van der Waals surface area contributed by atoms with Crippen LogP contribution in [0.2, 0.25) is 0 Å². The van der Waals surface area contributed by atoms with Crippen molar-refractivity contribution < 1.29 is 14.3 Å². The van der Waals surface area contributed by atoms with Gasteiger partial charge in [0, 0.05) is 24.7 Å². The van der Waals surface area contributed by atoms with E-state index in [4.69, 9.17) is 4.74 Å². The smallest absolute Gasteiger partial charge is 0.408 e. The number of carbonyl (C=O) groups is 2. The average molecular weight is 448 g/mol. The molecule has 0 bridgehead atoms. The van der Waals surface area contributed by atoms with E-state index >= 15 is 0 Å². The van der Waals surface area contributed by atoms with Gasteiger partial charge in [0.05, 0.1) is 12.1 Å². The van der Waals surface area contributed by atoms with Gasteiger partial charge in [0.1, 0.15) is 5.60 Å². The number of hydrogen-bond acceptors (Lipinski definition) is 4. The number of hydrogen-bond donors (Lipinski definition) is 4. The first-order chi connectivity index (χ1) is 14.8. The summed E-state index contributed by atoms with van der Waals surface area (Å²) in [5.74, 6) is 0.547. The number of amides is 2. The SMILES string of the molecule is CCNC(=NCc1cccc(C(=O)NC(C)CC)c1)NCC(C)(C)NC(=O)OC(C)(C)C. The van der Waals surface area contributed by atoms with Crippen LogP contribution in [-0.4, -0.2) is 48.2 Å². The van der Waals surface area contributed by atoms with Gasteiger partial charge in [-0.25, -0.2) is 9.79 Å². The summed E-state index contributed by atoms with van der Waals surface area (Å²) in [7, 11) is 0. The number of nitrogens with one attached hydrogen (secondary N) is 4. The van der Waals surface area contributed by atoms with E-state index in [2.05, 4.69) is 26.3 Å². The molecule has 32 heavy (non-hydrogen) atoms. The molecule has 0 aliphatic carbocycles. The van der Waals surface area contributed by atoms with Crippen LogP contribution in [0.4, 0.5) is 4.79 Å². The number of guanidine groups is 1. The van der Waals surface area contributed by atoms with Gasteiger partial charge in [-0.1, -0.05) is 19.1 Å². The highest BCUT2D eigenvalue weighted by Gasteiger charge is 2.24. The molecule has 1 aromatic carbocycles. The molecule has 4 N–H and O–H groups in total. The fourth-order valence-electron chi connectivity index (χ4n) is 2.66. The van der Waals surface area contributed by atoms with Crippen LogP contribution in [0.5, 0.6) is 0 Å². The predicted molar refractivity (Wildman–Crippen MR) is 130 cm³/mol. The zero-order valence-corrected chi connectivity index (χ0v) is 20.9. The Balaban J connectivity index is 2.75. The minimum absolute atomic E-state index is 0.0785. The Hall–Kier alpha value is -2.77. The second kappa shape index (κ2) is 12.3. The lowest BCUT2D eigenvalue weighted by molar-refractivity contribution is 0.0473. The van der Waals surface area contributed by atoms with Crippen LogP contribution in [0.3, 0.4) is 0 Å². The highest BCUT2D eigenvalue weighted by Crippen LogP contribution is 2.10. The van der Waals surface area contributed by atoms with E-state index in [0.29, 0.717) is 31.2 Å². The summed E-state index contributed by atoms with van der Waals surface area (Å²) in [5, 5.41) is 12.3. The maximum absolute atomic E-state index is 12.4. The fraction of sp³-hybridized carbons (Fsp3) is 0.625. The second-order valence-corrected chi connectivity index (χ2v) is 9.54. The zero-order valence-electron chi connectivity index (χ0n) is 20.9. The standard InChI is InChI=1S/C24H41N5O3/c1-9-17(3)28-20(30)19-13-11-12-18(14-19)15-26-21(25-10-2)27-16-24(7,8)29-22(31)32-23(4,5)6/h11-14,17H,9-10,15-16H2,1-8H3,(H,28,30)(H,29,31)(H2,25,26,27). The Morgan fingerprint density at radius 1 is 1.09 bits per heavy atom. The minimum atomic E-state index is -0.552. The first-order valence-electron chi connectivity index (χ1n) is 11.3. The van der Waals surface area contributed by atoms with E-state index < -0.39 is 17.2 Å². The molecule has 180 valence electrons. The van der Waals surface area contributed by atoms with Gasteiger partial charge in [-0.15, -0.1) is 0 Å². The molecule has 0 radical (unpaired) electrons.